The molecule has 0 bridgehead atoms. The minimum atomic E-state index is -0.414. The Morgan fingerprint density at radius 3 is 2.57 bits per heavy atom. The molecule has 0 aliphatic carbocycles. The SMILES string of the molecule is COC(=N)N=NO. The second-order valence-corrected chi connectivity index (χ2v) is 0.699. The quantitative estimate of drug-likeness (QED) is 0.201. The van der Waals surface area contributed by atoms with Crippen LogP contribution < -0.4 is 0 Å². The molecule has 0 aromatic carbocycles. The molecule has 5 nitrogen and oxygen atoms in total. The molecule has 5 heteroatoms. The number of nitrogens with zero attached hydrogens (tertiary/aromatic N) is 2. The van der Waals surface area contributed by atoms with Crippen molar-refractivity contribution in [2.45, 2.75) is 0 Å². The van der Waals surface area contributed by atoms with Crippen LogP contribution in [0.3, 0.4) is 0 Å². The van der Waals surface area contributed by atoms with E-state index in [0.717, 1.165) is 0 Å². The topological polar surface area (TPSA) is 78.0 Å². The molecule has 7 heavy (non-hydrogen) atoms. The van der Waals surface area contributed by atoms with E-state index in [2.05, 4.69) is 15.1 Å². The van der Waals surface area contributed by atoms with Gasteiger partial charge in [-0.05, 0) is 0 Å². The summed E-state index contributed by atoms with van der Waals surface area (Å²) in [7, 11) is 1.26. The van der Waals surface area contributed by atoms with Crippen LogP contribution in [0, 0.1) is 5.41 Å². The molecule has 0 radical (unpaired) electrons. The van der Waals surface area contributed by atoms with Crippen molar-refractivity contribution in [2.75, 3.05) is 7.11 Å². The second kappa shape index (κ2) is 3.08. The molecular weight excluding hydrogens is 98.0 g/mol. The van der Waals surface area contributed by atoms with E-state index in [1.807, 2.05) is 0 Å². The van der Waals surface area contributed by atoms with Crippen molar-refractivity contribution in [2.24, 2.45) is 10.4 Å². The van der Waals surface area contributed by atoms with E-state index in [4.69, 9.17) is 10.6 Å². The monoisotopic (exact) mass is 103 g/mol. The zero-order valence-electron chi connectivity index (χ0n) is 3.75. The highest BCUT2D eigenvalue weighted by atomic mass is 16.5. The summed E-state index contributed by atoms with van der Waals surface area (Å²) in [6, 6.07) is -0.414. The molecule has 0 fully saturated rings. The molecule has 0 spiro atoms. The zero-order valence-corrected chi connectivity index (χ0v) is 3.75. The number of rotatable bonds is 0. The van der Waals surface area contributed by atoms with Gasteiger partial charge in [-0.1, -0.05) is 5.11 Å². The Morgan fingerprint density at radius 1 is 1.86 bits per heavy atom. The van der Waals surface area contributed by atoms with Crippen LogP contribution in [0.2, 0.25) is 0 Å². The summed E-state index contributed by atoms with van der Waals surface area (Å²) >= 11 is 0. The van der Waals surface area contributed by atoms with Crippen LogP contribution >= 0.6 is 0 Å². The van der Waals surface area contributed by atoms with Gasteiger partial charge in [0, 0.05) is 5.28 Å². The average molecular weight is 103 g/mol. The van der Waals surface area contributed by atoms with Gasteiger partial charge in [0.15, 0.2) is 0 Å². The molecule has 0 atom stereocenters. The molecule has 2 N–H and O–H groups in total. The van der Waals surface area contributed by atoms with Crippen LogP contribution in [0.4, 0.5) is 0 Å². The van der Waals surface area contributed by atoms with Crippen molar-refractivity contribution >= 4 is 6.02 Å². The number of methoxy groups -OCH3 is 1. The molecule has 40 valence electrons. The summed E-state index contributed by atoms with van der Waals surface area (Å²) in [6.45, 7) is 0. The Bertz CT molecular complexity index is 88.9. The minimum absolute atomic E-state index is 0.414. The molecule has 0 aliphatic rings. The largest absolute Gasteiger partial charge is 0.466 e. The third-order valence-corrected chi connectivity index (χ3v) is 0.329. The summed E-state index contributed by atoms with van der Waals surface area (Å²) in [6.07, 6.45) is 0. The highest BCUT2D eigenvalue weighted by molar-refractivity contribution is 5.69. The van der Waals surface area contributed by atoms with Crippen molar-refractivity contribution in [3.05, 3.63) is 0 Å². The molecule has 0 aliphatic heterocycles. The van der Waals surface area contributed by atoms with Gasteiger partial charge in [0.25, 0.3) is 0 Å². The maximum absolute atomic E-state index is 7.61. The highest BCUT2D eigenvalue weighted by Crippen LogP contribution is 1.74. The van der Waals surface area contributed by atoms with E-state index >= 15 is 0 Å². The predicted octanol–water partition coefficient (Wildman–Crippen LogP) is 0.409. The van der Waals surface area contributed by atoms with Crippen molar-refractivity contribution in [3.63, 3.8) is 0 Å². The van der Waals surface area contributed by atoms with Gasteiger partial charge in [-0.15, -0.1) is 0 Å². The van der Waals surface area contributed by atoms with Crippen molar-refractivity contribution in [1.82, 2.24) is 0 Å². The third kappa shape index (κ3) is 2.68. The molecule has 0 heterocycles. The third-order valence-electron chi connectivity index (χ3n) is 0.329. The van der Waals surface area contributed by atoms with E-state index in [1.54, 1.807) is 0 Å². The van der Waals surface area contributed by atoms with Gasteiger partial charge >= 0.3 is 6.02 Å². The van der Waals surface area contributed by atoms with E-state index in [1.165, 1.54) is 7.11 Å². The Labute approximate surface area is 40.1 Å². The molecule has 0 saturated carbocycles. The summed E-state index contributed by atoms with van der Waals surface area (Å²) in [4.78, 5) is 0. The van der Waals surface area contributed by atoms with Crippen molar-refractivity contribution < 1.29 is 9.94 Å². The summed E-state index contributed by atoms with van der Waals surface area (Å²) in [5.41, 5.74) is 0. The Hall–Kier alpha value is -1.13. The van der Waals surface area contributed by atoms with Gasteiger partial charge in [0.1, 0.15) is 0 Å². The van der Waals surface area contributed by atoms with Crippen LogP contribution in [0.5, 0.6) is 0 Å². The number of hydrogen-bond donors (Lipinski definition) is 2. The maximum atomic E-state index is 7.61. The Kier molecular flexibility index (Phi) is 2.58. The van der Waals surface area contributed by atoms with E-state index in [9.17, 15) is 0 Å². The van der Waals surface area contributed by atoms with Crippen LogP contribution in [-0.4, -0.2) is 18.3 Å². The smallest absolute Gasteiger partial charge is 0.330 e. The number of amidine groups is 1. The maximum Gasteiger partial charge on any atom is 0.330 e. The van der Waals surface area contributed by atoms with Gasteiger partial charge in [0.2, 0.25) is 0 Å². The zero-order chi connectivity index (χ0) is 5.70. The van der Waals surface area contributed by atoms with E-state index in [-0.39, 0.29) is 0 Å². The lowest BCUT2D eigenvalue weighted by Crippen LogP contribution is -1.90. The highest BCUT2D eigenvalue weighted by Gasteiger charge is 1.82. The van der Waals surface area contributed by atoms with Gasteiger partial charge in [-0.25, -0.2) is 5.41 Å². The molecule has 0 rings (SSSR count). The lowest BCUT2D eigenvalue weighted by molar-refractivity contribution is 0.281. The van der Waals surface area contributed by atoms with Crippen molar-refractivity contribution in [3.8, 4) is 0 Å². The molecule has 0 amide bonds. The fourth-order valence-electron chi connectivity index (χ4n) is 0.0814. The lowest BCUT2D eigenvalue weighted by Gasteiger charge is -1.85. The van der Waals surface area contributed by atoms with E-state index < -0.39 is 6.02 Å². The first-order valence-corrected chi connectivity index (χ1v) is 1.49. The summed E-state index contributed by atoms with van der Waals surface area (Å²) < 4.78 is 4.15. The molecule has 0 saturated heterocycles. The minimum Gasteiger partial charge on any atom is -0.466 e. The summed E-state index contributed by atoms with van der Waals surface area (Å²) in [5.74, 6) is 0. The van der Waals surface area contributed by atoms with Crippen molar-refractivity contribution in [1.29, 1.82) is 5.41 Å². The van der Waals surface area contributed by atoms with E-state index in [0.29, 0.717) is 0 Å². The molecule has 0 aromatic rings. The van der Waals surface area contributed by atoms with Crippen LogP contribution in [0.1, 0.15) is 0 Å². The second-order valence-electron chi connectivity index (χ2n) is 0.699. The fourth-order valence-corrected chi connectivity index (χ4v) is 0.0814. The Balaban J connectivity index is 3.37. The first-order valence-electron chi connectivity index (χ1n) is 1.49. The summed E-state index contributed by atoms with van der Waals surface area (Å²) in [5, 5.41) is 19.2. The molecule has 0 aromatic heterocycles. The molecule has 0 unspecified atom stereocenters. The van der Waals surface area contributed by atoms with Crippen LogP contribution in [0.25, 0.3) is 0 Å². The van der Waals surface area contributed by atoms with Gasteiger partial charge in [0.05, 0.1) is 7.11 Å². The van der Waals surface area contributed by atoms with Gasteiger partial charge in [-0.2, -0.15) is 0 Å². The number of hydrogen-bond acceptors (Lipinski definition) is 3. The normalized spacial score (nSPS) is 9.29. The predicted molar refractivity (Wildman–Crippen MR) is 21.4 cm³/mol. The average Bonchev–Trinajstić information content (AvgIpc) is 1.68. The van der Waals surface area contributed by atoms with Gasteiger partial charge in [-0.3, -0.25) is 0 Å². The van der Waals surface area contributed by atoms with Gasteiger partial charge < -0.3 is 9.94 Å². The van der Waals surface area contributed by atoms with Crippen LogP contribution in [0.15, 0.2) is 10.4 Å². The first kappa shape index (κ1) is 5.87. The Morgan fingerprint density at radius 2 is 2.43 bits per heavy atom. The fraction of sp³-hybridized carbons (Fsp3) is 0.500. The standard InChI is InChI=1S/C2H5N3O2/c1-7-2(3)4-5-6/h1H3,(H2,3,4,6). The first-order chi connectivity index (χ1) is 3.31. The molecular formula is C2H5N3O2. The number of nitrogens with one attached hydrogen (secondary N) is 1. The lowest BCUT2D eigenvalue weighted by atomic mass is 11.2. The van der Waals surface area contributed by atoms with Crippen LogP contribution in [-0.2, 0) is 4.74 Å². The number of ether oxygens (including phenoxy) is 1.